The molecule has 1 N–H and O–H groups in total. The SMILES string of the molecule is C=C(C)C(=O)OC(C(=O)O)C(F)(F)F. The molecule has 0 aliphatic heterocycles. The summed E-state index contributed by atoms with van der Waals surface area (Å²) in [4.78, 5) is 20.7. The number of aliphatic carboxylic acids is 1. The van der Waals surface area contributed by atoms with E-state index in [1.807, 2.05) is 0 Å². The summed E-state index contributed by atoms with van der Waals surface area (Å²) in [5, 5.41) is 8.11. The molecule has 0 radical (unpaired) electrons. The van der Waals surface area contributed by atoms with Crippen LogP contribution in [-0.4, -0.2) is 29.3 Å². The van der Waals surface area contributed by atoms with Crippen molar-refractivity contribution in [1.29, 1.82) is 0 Å². The van der Waals surface area contributed by atoms with Crippen LogP contribution in [0.5, 0.6) is 0 Å². The fourth-order valence-corrected chi connectivity index (χ4v) is 0.465. The maximum absolute atomic E-state index is 11.9. The van der Waals surface area contributed by atoms with Gasteiger partial charge in [0.1, 0.15) is 0 Å². The van der Waals surface area contributed by atoms with E-state index < -0.39 is 24.2 Å². The molecule has 0 spiro atoms. The zero-order chi connectivity index (χ0) is 11.5. The molecule has 0 aromatic carbocycles. The van der Waals surface area contributed by atoms with Gasteiger partial charge in [0.2, 0.25) is 0 Å². The molecule has 0 aliphatic carbocycles. The van der Waals surface area contributed by atoms with Crippen molar-refractivity contribution in [3.8, 4) is 0 Å². The minimum atomic E-state index is -5.13. The van der Waals surface area contributed by atoms with Gasteiger partial charge in [0.25, 0.3) is 6.10 Å². The van der Waals surface area contributed by atoms with Crippen LogP contribution in [0.25, 0.3) is 0 Å². The number of esters is 1. The van der Waals surface area contributed by atoms with Crippen LogP contribution in [0.2, 0.25) is 0 Å². The molecule has 0 aliphatic rings. The molecule has 7 heteroatoms. The molecule has 0 bridgehead atoms. The number of carboxylic acids is 1. The Morgan fingerprint density at radius 1 is 1.43 bits per heavy atom. The molecule has 0 rings (SSSR count). The Bertz CT molecular complexity index is 269. The molecule has 0 aromatic heterocycles. The molecule has 1 atom stereocenters. The van der Waals surface area contributed by atoms with E-state index in [1.54, 1.807) is 0 Å². The zero-order valence-corrected chi connectivity index (χ0v) is 7.09. The maximum atomic E-state index is 11.9. The van der Waals surface area contributed by atoms with E-state index >= 15 is 0 Å². The Hall–Kier alpha value is -1.53. The van der Waals surface area contributed by atoms with Gasteiger partial charge in [-0.25, -0.2) is 9.59 Å². The Morgan fingerprint density at radius 2 is 1.86 bits per heavy atom. The normalized spacial score (nSPS) is 13.1. The number of halogens is 3. The predicted octanol–water partition coefficient (Wildman–Crippen LogP) is 1.12. The highest BCUT2D eigenvalue weighted by molar-refractivity contribution is 5.89. The predicted molar refractivity (Wildman–Crippen MR) is 38.4 cm³/mol. The van der Waals surface area contributed by atoms with E-state index in [4.69, 9.17) is 5.11 Å². The van der Waals surface area contributed by atoms with E-state index in [2.05, 4.69) is 11.3 Å². The summed E-state index contributed by atoms with van der Waals surface area (Å²) in [6, 6.07) is 0. The molecular weight excluding hydrogens is 205 g/mol. The first-order valence-electron chi connectivity index (χ1n) is 3.32. The minimum absolute atomic E-state index is 0.305. The van der Waals surface area contributed by atoms with Crippen LogP contribution in [-0.2, 0) is 14.3 Å². The van der Waals surface area contributed by atoms with Crippen molar-refractivity contribution in [2.75, 3.05) is 0 Å². The number of ether oxygens (including phenoxy) is 1. The van der Waals surface area contributed by atoms with Crippen LogP contribution in [0.4, 0.5) is 13.2 Å². The van der Waals surface area contributed by atoms with E-state index in [9.17, 15) is 22.8 Å². The van der Waals surface area contributed by atoms with Crippen LogP contribution < -0.4 is 0 Å². The van der Waals surface area contributed by atoms with Gasteiger partial charge in [0.05, 0.1) is 0 Å². The van der Waals surface area contributed by atoms with Crippen molar-refractivity contribution in [2.24, 2.45) is 0 Å². The van der Waals surface area contributed by atoms with Crippen LogP contribution in [0.1, 0.15) is 6.92 Å². The summed E-state index contributed by atoms with van der Waals surface area (Å²) < 4.78 is 39.4. The molecule has 0 aromatic rings. The summed E-state index contributed by atoms with van der Waals surface area (Å²) in [5.41, 5.74) is -0.305. The van der Waals surface area contributed by atoms with Crippen molar-refractivity contribution in [3.63, 3.8) is 0 Å². The van der Waals surface area contributed by atoms with Gasteiger partial charge in [-0.2, -0.15) is 13.2 Å². The number of hydrogen-bond donors (Lipinski definition) is 1. The van der Waals surface area contributed by atoms with Gasteiger partial charge < -0.3 is 9.84 Å². The Labute approximate surface area is 77.0 Å². The molecule has 0 fully saturated rings. The zero-order valence-electron chi connectivity index (χ0n) is 7.09. The number of carbonyl (C=O) groups is 2. The van der Waals surface area contributed by atoms with E-state index in [1.165, 1.54) is 0 Å². The molecule has 0 saturated heterocycles. The van der Waals surface area contributed by atoms with Crippen LogP contribution in [0.3, 0.4) is 0 Å². The molecule has 14 heavy (non-hydrogen) atoms. The number of alkyl halides is 3. The lowest BCUT2D eigenvalue weighted by molar-refractivity contribution is -0.225. The molecule has 0 saturated carbocycles. The summed E-state index contributed by atoms with van der Waals surface area (Å²) >= 11 is 0. The highest BCUT2D eigenvalue weighted by Crippen LogP contribution is 2.23. The summed E-state index contributed by atoms with van der Waals surface area (Å²) in [7, 11) is 0. The third-order valence-corrected chi connectivity index (χ3v) is 1.09. The summed E-state index contributed by atoms with van der Waals surface area (Å²) in [6.45, 7) is 4.12. The number of carbonyl (C=O) groups excluding carboxylic acids is 1. The van der Waals surface area contributed by atoms with Crippen molar-refractivity contribution in [3.05, 3.63) is 12.2 Å². The largest absolute Gasteiger partial charge is 0.478 e. The molecule has 0 amide bonds. The van der Waals surface area contributed by atoms with E-state index in [-0.39, 0.29) is 5.57 Å². The lowest BCUT2D eigenvalue weighted by Gasteiger charge is -2.16. The summed E-state index contributed by atoms with van der Waals surface area (Å²) in [5.74, 6) is -3.66. The highest BCUT2D eigenvalue weighted by Gasteiger charge is 2.48. The van der Waals surface area contributed by atoms with Crippen molar-refractivity contribution in [2.45, 2.75) is 19.2 Å². The number of rotatable bonds is 3. The Balaban J connectivity index is 4.64. The maximum Gasteiger partial charge on any atom is 0.436 e. The van der Waals surface area contributed by atoms with Crippen molar-refractivity contribution >= 4 is 11.9 Å². The smallest absolute Gasteiger partial charge is 0.436 e. The second-order valence-electron chi connectivity index (χ2n) is 2.45. The monoisotopic (exact) mass is 212 g/mol. The van der Waals surface area contributed by atoms with Crippen molar-refractivity contribution in [1.82, 2.24) is 0 Å². The van der Waals surface area contributed by atoms with Gasteiger partial charge in [-0.15, -0.1) is 0 Å². The first kappa shape index (κ1) is 12.5. The second kappa shape index (κ2) is 4.12. The standard InChI is InChI=1S/C7H7F3O4/c1-3(2)6(13)14-4(5(11)12)7(8,9)10/h4H,1H2,2H3,(H,11,12). The fourth-order valence-electron chi connectivity index (χ4n) is 0.465. The van der Waals surface area contributed by atoms with Gasteiger partial charge in [-0.05, 0) is 6.92 Å². The average Bonchev–Trinajstić information content (AvgIpc) is 1.96. The van der Waals surface area contributed by atoms with Crippen LogP contribution in [0, 0.1) is 0 Å². The van der Waals surface area contributed by atoms with Crippen molar-refractivity contribution < 1.29 is 32.6 Å². The molecule has 4 nitrogen and oxygen atoms in total. The second-order valence-corrected chi connectivity index (χ2v) is 2.45. The molecular formula is C7H7F3O4. The highest BCUT2D eigenvalue weighted by atomic mass is 19.4. The Kier molecular flexibility index (Phi) is 3.67. The first-order chi connectivity index (χ1) is 6.16. The lowest BCUT2D eigenvalue weighted by Crippen LogP contribution is -2.40. The fraction of sp³-hybridized carbons (Fsp3) is 0.429. The molecule has 1 unspecified atom stereocenters. The minimum Gasteiger partial charge on any atom is -0.478 e. The summed E-state index contributed by atoms with van der Waals surface area (Å²) in [6.07, 6.45) is -8.27. The third kappa shape index (κ3) is 3.46. The average molecular weight is 212 g/mol. The number of carboxylic acid groups (broad SMARTS) is 1. The third-order valence-electron chi connectivity index (χ3n) is 1.09. The first-order valence-corrected chi connectivity index (χ1v) is 3.32. The quantitative estimate of drug-likeness (QED) is 0.562. The number of hydrogen-bond acceptors (Lipinski definition) is 3. The van der Waals surface area contributed by atoms with Gasteiger partial charge >= 0.3 is 18.1 Å². The van der Waals surface area contributed by atoms with Gasteiger partial charge in [0.15, 0.2) is 0 Å². The molecule has 80 valence electrons. The Morgan fingerprint density at radius 3 is 2.07 bits per heavy atom. The van der Waals surface area contributed by atoms with Gasteiger partial charge in [-0.1, -0.05) is 6.58 Å². The molecule has 0 heterocycles. The lowest BCUT2D eigenvalue weighted by atomic mass is 10.3. The van der Waals surface area contributed by atoms with Crippen LogP contribution in [0.15, 0.2) is 12.2 Å². The van der Waals surface area contributed by atoms with Gasteiger partial charge in [-0.3, -0.25) is 0 Å². The van der Waals surface area contributed by atoms with Gasteiger partial charge in [0, 0.05) is 5.57 Å². The topological polar surface area (TPSA) is 63.6 Å². The van der Waals surface area contributed by atoms with E-state index in [0.717, 1.165) is 6.92 Å². The van der Waals surface area contributed by atoms with E-state index in [0.29, 0.717) is 0 Å². The van der Waals surface area contributed by atoms with Crippen LogP contribution >= 0.6 is 0 Å².